The molecule has 20 heavy (non-hydrogen) atoms. The third kappa shape index (κ3) is 2.29. The zero-order valence-electron chi connectivity index (χ0n) is 11.7. The molecule has 4 heteroatoms. The van der Waals surface area contributed by atoms with Crippen LogP contribution in [0.2, 0.25) is 0 Å². The van der Waals surface area contributed by atoms with Crippen LogP contribution in [0, 0.1) is 5.41 Å². The number of carbonyl (C=O) groups is 1. The normalized spacial score (nSPS) is 25.4. The highest BCUT2D eigenvalue weighted by Gasteiger charge is 2.39. The molecular formula is C16H20BrNO2. The highest BCUT2D eigenvalue weighted by molar-refractivity contribution is 9.10. The number of fused-ring (bicyclic) bond motifs is 1. The molecule has 1 N–H and O–H groups in total. The number of carboxylic acids is 1. The fourth-order valence-electron chi connectivity index (χ4n) is 3.51. The molecule has 1 fully saturated rings. The van der Waals surface area contributed by atoms with Crippen LogP contribution in [0.4, 0.5) is 0 Å². The first-order valence-corrected chi connectivity index (χ1v) is 8.05. The Morgan fingerprint density at radius 3 is 2.75 bits per heavy atom. The number of nitrogens with zero attached hydrogens (tertiary/aromatic N) is 1. The van der Waals surface area contributed by atoms with E-state index < -0.39 is 11.4 Å². The van der Waals surface area contributed by atoms with Crippen LogP contribution in [-0.4, -0.2) is 29.1 Å². The number of aliphatic carboxylic acids is 1. The molecule has 0 radical (unpaired) electrons. The summed E-state index contributed by atoms with van der Waals surface area (Å²) >= 11 is 3.64. The first kappa shape index (κ1) is 14.1. The lowest BCUT2D eigenvalue weighted by Gasteiger charge is -2.39. The molecule has 1 heterocycles. The minimum atomic E-state index is -0.647. The predicted octanol–water partition coefficient (Wildman–Crippen LogP) is 3.62. The van der Waals surface area contributed by atoms with Crippen molar-refractivity contribution in [3.8, 4) is 0 Å². The summed E-state index contributed by atoms with van der Waals surface area (Å²) in [7, 11) is 0. The van der Waals surface area contributed by atoms with Crippen molar-refractivity contribution < 1.29 is 9.90 Å². The Bertz CT molecular complexity index is 535. The highest BCUT2D eigenvalue weighted by atomic mass is 79.9. The number of halogens is 1. The van der Waals surface area contributed by atoms with Gasteiger partial charge in [0.25, 0.3) is 0 Å². The van der Waals surface area contributed by atoms with Crippen LogP contribution < -0.4 is 0 Å². The van der Waals surface area contributed by atoms with E-state index in [1.165, 1.54) is 15.6 Å². The molecule has 1 aromatic carbocycles. The molecule has 0 spiro atoms. The first-order valence-electron chi connectivity index (χ1n) is 7.26. The zero-order valence-corrected chi connectivity index (χ0v) is 13.3. The Balaban J connectivity index is 1.75. The maximum absolute atomic E-state index is 11.3. The van der Waals surface area contributed by atoms with Crippen molar-refractivity contribution in [1.82, 2.24) is 4.90 Å². The molecule has 1 saturated heterocycles. The van der Waals surface area contributed by atoms with Gasteiger partial charge in [0, 0.05) is 10.5 Å². The van der Waals surface area contributed by atoms with E-state index in [1.807, 2.05) is 6.92 Å². The number of carboxylic acid groups (broad SMARTS) is 1. The number of hydrogen-bond acceptors (Lipinski definition) is 2. The van der Waals surface area contributed by atoms with Crippen LogP contribution in [0.25, 0.3) is 0 Å². The fraction of sp³-hybridized carbons (Fsp3) is 0.562. The summed E-state index contributed by atoms with van der Waals surface area (Å²) < 4.78 is 1.21. The summed E-state index contributed by atoms with van der Waals surface area (Å²) in [5.41, 5.74) is 2.33. The van der Waals surface area contributed by atoms with Gasteiger partial charge in [-0.15, -0.1) is 0 Å². The standard InChI is InChI=1S/C16H20BrNO2/c1-16(15(19)20)7-9-18(10-8-16)14-6-5-11-12(14)3-2-4-13(11)17/h2-4,14H,5-10H2,1H3,(H,19,20). The Kier molecular flexibility index (Phi) is 3.63. The van der Waals surface area contributed by atoms with Gasteiger partial charge >= 0.3 is 5.97 Å². The minimum Gasteiger partial charge on any atom is -0.481 e. The number of benzene rings is 1. The van der Waals surface area contributed by atoms with E-state index in [0.29, 0.717) is 6.04 Å². The van der Waals surface area contributed by atoms with Gasteiger partial charge in [-0.1, -0.05) is 28.1 Å². The van der Waals surface area contributed by atoms with Crippen molar-refractivity contribution in [3.63, 3.8) is 0 Å². The van der Waals surface area contributed by atoms with Crippen LogP contribution >= 0.6 is 15.9 Å². The van der Waals surface area contributed by atoms with Crippen LogP contribution in [0.3, 0.4) is 0 Å². The lowest BCUT2D eigenvalue weighted by Crippen LogP contribution is -2.43. The van der Waals surface area contributed by atoms with Gasteiger partial charge < -0.3 is 5.11 Å². The molecule has 1 aliphatic heterocycles. The van der Waals surface area contributed by atoms with Gasteiger partial charge in [0.15, 0.2) is 0 Å². The van der Waals surface area contributed by atoms with Gasteiger partial charge in [-0.3, -0.25) is 9.69 Å². The van der Waals surface area contributed by atoms with Crippen molar-refractivity contribution in [2.24, 2.45) is 5.41 Å². The molecule has 0 saturated carbocycles. The molecule has 108 valence electrons. The molecule has 1 aliphatic carbocycles. The Morgan fingerprint density at radius 2 is 2.10 bits per heavy atom. The maximum Gasteiger partial charge on any atom is 0.309 e. The van der Waals surface area contributed by atoms with Gasteiger partial charge in [0.05, 0.1) is 5.41 Å². The summed E-state index contributed by atoms with van der Waals surface area (Å²) in [5, 5.41) is 9.32. The van der Waals surface area contributed by atoms with Gasteiger partial charge in [-0.2, -0.15) is 0 Å². The van der Waals surface area contributed by atoms with Crippen molar-refractivity contribution in [2.45, 2.75) is 38.6 Å². The number of hydrogen-bond donors (Lipinski definition) is 1. The second-order valence-corrected chi connectivity index (χ2v) is 7.12. The largest absolute Gasteiger partial charge is 0.481 e. The monoisotopic (exact) mass is 337 g/mol. The van der Waals surface area contributed by atoms with Crippen LogP contribution in [0.1, 0.15) is 43.4 Å². The summed E-state index contributed by atoms with van der Waals surface area (Å²) in [6.45, 7) is 3.66. The number of likely N-dealkylation sites (tertiary alicyclic amines) is 1. The fourth-order valence-corrected chi connectivity index (χ4v) is 4.09. The minimum absolute atomic E-state index is 0.473. The van der Waals surface area contributed by atoms with E-state index in [0.717, 1.165) is 38.8 Å². The highest BCUT2D eigenvalue weighted by Crippen LogP contribution is 2.42. The van der Waals surface area contributed by atoms with E-state index in [2.05, 4.69) is 39.0 Å². The second-order valence-electron chi connectivity index (χ2n) is 6.26. The van der Waals surface area contributed by atoms with E-state index in [1.54, 1.807) is 0 Å². The quantitative estimate of drug-likeness (QED) is 0.895. The lowest BCUT2D eigenvalue weighted by molar-refractivity contribution is -0.151. The average Bonchev–Trinajstić information content (AvgIpc) is 2.85. The molecule has 1 unspecified atom stereocenters. The molecule has 0 amide bonds. The Labute approximate surface area is 128 Å². The van der Waals surface area contributed by atoms with E-state index in [9.17, 15) is 9.90 Å². The van der Waals surface area contributed by atoms with Crippen molar-refractivity contribution >= 4 is 21.9 Å². The number of piperidine rings is 1. The van der Waals surface area contributed by atoms with E-state index >= 15 is 0 Å². The van der Waals surface area contributed by atoms with E-state index in [4.69, 9.17) is 0 Å². The molecule has 3 rings (SSSR count). The van der Waals surface area contributed by atoms with Gasteiger partial charge in [-0.25, -0.2) is 0 Å². The van der Waals surface area contributed by atoms with Gasteiger partial charge in [0.2, 0.25) is 0 Å². The van der Waals surface area contributed by atoms with Crippen LogP contribution in [0.15, 0.2) is 22.7 Å². The van der Waals surface area contributed by atoms with Crippen molar-refractivity contribution in [1.29, 1.82) is 0 Å². The first-order chi connectivity index (χ1) is 9.51. The zero-order chi connectivity index (χ0) is 14.3. The molecule has 0 bridgehead atoms. The summed E-state index contributed by atoms with van der Waals surface area (Å²) in [6, 6.07) is 6.91. The van der Waals surface area contributed by atoms with Crippen LogP contribution in [-0.2, 0) is 11.2 Å². The summed E-state index contributed by atoms with van der Waals surface area (Å²) in [5.74, 6) is -0.647. The molecule has 3 nitrogen and oxygen atoms in total. The Morgan fingerprint density at radius 1 is 1.40 bits per heavy atom. The third-order valence-corrected chi connectivity index (χ3v) is 5.78. The second kappa shape index (κ2) is 5.15. The molecule has 2 aliphatic rings. The van der Waals surface area contributed by atoms with Crippen molar-refractivity contribution in [2.75, 3.05) is 13.1 Å². The average molecular weight is 338 g/mol. The predicted molar refractivity (Wildman–Crippen MR) is 81.8 cm³/mol. The van der Waals surface area contributed by atoms with Gasteiger partial charge in [-0.05, 0) is 62.9 Å². The van der Waals surface area contributed by atoms with Crippen molar-refractivity contribution in [3.05, 3.63) is 33.8 Å². The third-order valence-electron chi connectivity index (χ3n) is 5.04. The lowest BCUT2D eigenvalue weighted by atomic mass is 9.80. The van der Waals surface area contributed by atoms with Crippen LogP contribution in [0.5, 0.6) is 0 Å². The molecular weight excluding hydrogens is 318 g/mol. The number of rotatable bonds is 2. The van der Waals surface area contributed by atoms with Gasteiger partial charge in [0.1, 0.15) is 0 Å². The summed E-state index contributed by atoms with van der Waals surface area (Å²) in [6.07, 6.45) is 3.78. The maximum atomic E-state index is 11.3. The topological polar surface area (TPSA) is 40.5 Å². The summed E-state index contributed by atoms with van der Waals surface area (Å²) in [4.78, 5) is 13.8. The molecule has 1 aromatic rings. The van der Waals surface area contributed by atoms with E-state index in [-0.39, 0.29) is 0 Å². The SMILES string of the molecule is CC1(C(=O)O)CCN(C2CCc3c(Br)cccc32)CC1. The Hall–Kier alpha value is -0.870. The molecule has 1 atom stereocenters. The molecule has 0 aromatic heterocycles. The smallest absolute Gasteiger partial charge is 0.309 e.